The summed E-state index contributed by atoms with van der Waals surface area (Å²) in [5.41, 5.74) is 2.58. The van der Waals surface area contributed by atoms with Crippen molar-refractivity contribution in [2.45, 2.75) is 43.7 Å². The molecule has 5 rings (SSSR count). The molecule has 0 radical (unpaired) electrons. The molecule has 0 atom stereocenters. The van der Waals surface area contributed by atoms with Gasteiger partial charge in [0, 0.05) is 18.5 Å². The molecule has 9 nitrogen and oxygen atoms in total. The molecule has 0 unspecified atom stereocenters. The molecule has 1 N–H and O–H groups in total. The van der Waals surface area contributed by atoms with Gasteiger partial charge < -0.3 is 8.94 Å². The van der Waals surface area contributed by atoms with E-state index in [-0.39, 0.29) is 23.6 Å². The van der Waals surface area contributed by atoms with Crippen LogP contribution in [0.15, 0.2) is 61.1 Å². The van der Waals surface area contributed by atoms with Crippen molar-refractivity contribution < 1.29 is 17.4 Å². The molecular formula is C21H20N4O5S. The van der Waals surface area contributed by atoms with Crippen molar-refractivity contribution in [2.24, 2.45) is 0 Å². The molecule has 2 aromatic carbocycles. The highest BCUT2D eigenvalue weighted by Gasteiger charge is 2.29. The lowest BCUT2D eigenvalue weighted by molar-refractivity contribution is 0.372. The van der Waals surface area contributed by atoms with Crippen LogP contribution in [0.4, 0.5) is 0 Å². The Hall–Kier alpha value is -3.24. The van der Waals surface area contributed by atoms with Crippen molar-refractivity contribution >= 4 is 21.1 Å². The lowest BCUT2D eigenvalue weighted by atomic mass is 10.2. The molecule has 1 fully saturated rings. The van der Waals surface area contributed by atoms with Gasteiger partial charge in [0.15, 0.2) is 11.4 Å². The predicted octanol–water partition coefficient (Wildman–Crippen LogP) is 2.69. The second-order valence-corrected chi connectivity index (χ2v) is 9.48. The standard InChI is InChI=1S/C21H20N4O5S/c1-13-2-4-14(5-3-13)11-22-31(27,28)16-8-9-17-18(10-16)29-21(26)25(17)12-19-23-20(30-24-19)15-6-7-15/h2-5,8-10,15,22H,6-7,11-12H2,1H3. The molecule has 2 aromatic heterocycles. The lowest BCUT2D eigenvalue weighted by Crippen LogP contribution is -2.23. The van der Waals surface area contributed by atoms with Crippen LogP contribution < -0.4 is 10.5 Å². The van der Waals surface area contributed by atoms with E-state index >= 15 is 0 Å². The van der Waals surface area contributed by atoms with Crippen LogP contribution in [0.5, 0.6) is 0 Å². The monoisotopic (exact) mass is 440 g/mol. The molecule has 0 saturated heterocycles. The van der Waals surface area contributed by atoms with E-state index < -0.39 is 15.8 Å². The van der Waals surface area contributed by atoms with E-state index in [1.807, 2.05) is 31.2 Å². The average Bonchev–Trinajstić information content (AvgIpc) is 3.42. The van der Waals surface area contributed by atoms with Gasteiger partial charge in [-0.3, -0.25) is 4.57 Å². The largest absolute Gasteiger partial charge is 0.420 e. The van der Waals surface area contributed by atoms with Gasteiger partial charge in [-0.2, -0.15) is 4.98 Å². The smallest absolute Gasteiger partial charge is 0.408 e. The van der Waals surface area contributed by atoms with Crippen LogP contribution in [-0.4, -0.2) is 23.1 Å². The number of aryl methyl sites for hydroxylation is 1. The first-order valence-corrected chi connectivity index (χ1v) is 11.4. The zero-order valence-electron chi connectivity index (χ0n) is 16.7. The minimum atomic E-state index is -3.78. The fourth-order valence-electron chi connectivity index (χ4n) is 3.30. The maximum absolute atomic E-state index is 12.7. The van der Waals surface area contributed by atoms with E-state index in [9.17, 15) is 13.2 Å². The van der Waals surface area contributed by atoms with Gasteiger partial charge in [0.05, 0.1) is 17.0 Å². The Labute approximate surface area is 177 Å². The molecule has 160 valence electrons. The van der Waals surface area contributed by atoms with E-state index in [0.29, 0.717) is 23.1 Å². The SMILES string of the molecule is Cc1ccc(CNS(=O)(=O)c2ccc3c(c2)oc(=O)n3Cc2noc(C3CC3)n2)cc1. The molecule has 0 bridgehead atoms. The van der Waals surface area contributed by atoms with Crippen LogP contribution >= 0.6 is 0 Å². The van der Waals surface area contributed by atoms with Crippen molar-refractivity contribution in [3.05, 3.63) is 75.9 Å². The maximum atomic E-state index is 12.7. The van der Waals surface area contributed by atoms with Crippen LogP contribution in [0.1, 0.15) is 41.6 Å². The Morgan fingerprint density at radius 2 is 1.94 bits per heavy atom. The topological polar surface area (TPSA) is 120 Å². The summed E-state index contributed by atoms with van der Waals surface area (Å²) in [6, 6.07) is 11.9. The van der Waals surface area contributed by atoms with Crippen LogP contribution in [-0.2, 0) is 23.1 Å². The molecule has 2 heterocycles. The highest BCUT2D eigenvalue weighted by Crippen LogP contribution is 2.38. The third kappa shape index (κ3) is 4.04. The molecule has 1 aliphatic carbocycles. The first kappa shape index (κ1) is 19.7. The highest BCUT2D eigenvalue weighted by atomic mass is 32.2. The number of benzene rings is 2. The summed E-state index contributed by atoms with van der Waals surface area (Å²) in [6.45, 7) is 2.21. The number of nitrogens with one attached hydrogen (secondary N) is 1. The molecule has 4 aromatic rings. The van der Waals surface area contributed by atoms with Crippen molar-refractivity contribution in [3.8, 4) is 0 Å². The molecule has 10 heteroatoms. The summed E-state index contributed by atoms with van der Waals surface area (Å²) < 4.78 is 39.8. The van der Waals surface area contributed by atoms with Gasteiger partial charge in [0.2, 0.25) is 15.9 Å². The molecule has 0 amide bonds. The molecule has 0 aliphatic heterocycles. The quantitative estimate of drug-likeness (QED) is 0.469. The van der Waals surface area contributed by atoms with Crippen molar-refractivity contribution in [3.63, 3.8) is 0 Å². The molecule has 1 aliphatic rings. The minimum absolute atomic E-state index is 0.0172. The minimum Gasteiger partial charge on any atom is -0.408 e. The number of oxazole rings is 1. The molecular weight excluding hydrogens is 420 g/mol. The van der Waals surface area contributed by atoms with Gasteiger partial charge in [-0.1, -0.05) is 35.0 Å². The molecule has 0 spiro atoms. The van der Waals surface area contributed by atoms with Gasteiger partial charge in [-0.25, -0.2) is 17.9 Å². The number of nitrogens with zero attached hydrogens (tertiary/aromatic N) is 3. The molecule has 31 heavy (non-hydrogen) atoms. The second kappa shape index (κ2) is 7.47. The van der Waals surface area contributed by atoms with Crippen LogP contribution in [0.2, 0.25) is 0 Å². The van der Waals surface area contributed by atoms with E-state index in [0.717, 1.165) is 24.0 Å². The molecule has 1 saturated carbocycles. The van der Waals surface area contributed by atoms with Crippen LogP contribution in [0.3, 0.4) is 0 Å². The fourth-order valence-corrected chi connectivity index (χ4v) is 4.33. The predicted molar refractivity (Wildman–Crippen MR) is 111 cm³/mol. The van der Waals surface area contributed by atoms with Crippen LogP contribution in [0.25, 0.3) is 11.1 Å². The summed E-state index contributed by atoms with van der Waals surface area (Å²) in [5, 5.41) is 3.92. The Kier molecular flexibility index (Phi) is 4.75. The normalized spacial score (nSPS) is 14.4. The summed E-state index contributed by atoms with van der Waals surface area (Å²) in [7, 11) is -3.78. The second-order valence-electron chi connectivity index (χ2n) is 7.72. The number of fused-ring (bicyclic) bond motifs is 1. The lowest BCUT2D eigenvalue weighted by Gasteiger charge is -2.07. The number of sulfonamides is 1. The van der Waals surface area contributed by atoms with Gasteiger partial charge in [0.1, 0.15) is 0 Å². The first-order valence-electron chi connectivity index (χ1n) is 9.90. The van der Waals surface area contributed by atoms with Gasteiger partial charge >= 0.3 is 5.76 Å². The van der Waals surface area contributed by atoms with E-state index in [1.54, 1.807) is 6.07 Å². The Morgan fingerprint density at radius 1 is 1.16 bits per heavy atom. The summed E-state index contributed by atoms with van der Waals surface area (Å²) in [6.07, 6.45) is 2.07. The summed E-state index contributed by atoms with van der Waals surface area (Å²) >= 11 is 0. The number of hydrogen-bond acceptors (Lipinski definition) is 7. The zero-order valence-corrected chi connectivity index (χ0v) is 17.6. The van der Waals surface area contributed by atoms with E-state index in [1.165, 1.54) is 16.7 Å². The Morgan fingerprint density at radius 3 is 2.68 bits per heavy atom. The third-order valence-corrected chi connectivity index (χ3v) is 6.65. The van der Waals surface area contributed by atoms with Gasteiger partial charge in [-0.05, 0) is 37.5 Å². The summed E-state index contributed by atoms with van der Waals surface area (Å²) in [5.74, 6) is 0.668. The summed E-state index contributed by atoms with van der Waals surface area (Å²) in [4.78, 5) is 16.7. The number of hydrogen-bond donors (Lipinski definition) is 1. The highest BCUT2D eigenvalue weighted by molar-refractivity contribution is 7.89. The Balaban J connectivity index is 1.38. The fraction of sp³-hybridized carbons (Fsp3) is 0.286. The first-order chi connectivity index (χ1) is 14.9. The van der Waals surface area contributed by atoms with Crippen molar-refractivity contribution in [1.29, 1.82) is 0 Å². The van der Waals surface area contributed by atoms with E-state index in [4.69, 9.17) is 8.94 Å². The van der Waals surface area contributed by atoms with Gasteiger partial charge in [-0.15, -0.1) is 0 Å². The maximum Gasteiger partial charge on any atom is 0.420 e. The van der Waals surface area contributed by atoms with E-state index in [2.05, 4.69) is 14.9 Å². The average molecular weight is 440 g/mol. The van der Waals surface area contributed by atoms with Gasteiger partial charge in [0.25, 0.3) is 0 Å². The Bertz CT molecular complexity index is 1410. The number of rotatable bonds is 7. The van der Waals surface area contributed by atoms with Crippen LogP contribution in [0, 0.1) is 6.92 Å². The third-order valence-electron chi connectivity index (χ3n) is 5.25. The zero-order chi connectivity index (χ0) is 21.6. The van der Waals surface area contributed by atoms with Crippen molar-refractivity contribution in [2.75, 3.05) is 0 Å². The van der Waals surface area contributed by atoms with Crippen molar-refractivity contribution in [1.82, 2.24) is 19.4 Å². The number of aromatic nitrogens is 3.